The minimum atomic E-state index is -0.977. The van der Waals surface area contributed by atoms with Crippen LogP contribution in [0.5, 0.6) is 0 Å². The average molecular weight is 385 g/mol. The van der Waals surface area contributed by atoms with Crippen LogP contribution in [-0.2, 0) is 20.6 Å². The van der Waals surface area contributed by atoms with Gasteiger partial charge in [-0.3, -0.25) is 18.5 Å². The van der Waals surface area contributed by atoms with Gasteiger partial charge in [-0.15, -0.1) is 0 Å². The molecule has 0 saturated heterocycles. The molecule has 6 nitrogen and oxygen atoms in total. The number of halogens is 3. The van der Waals surface area contributed by atoms with E-state index in [1.807, 2.05) is 0 Å². The molecule has 9 heteroatoms. The van der Waals surface area contributed by atoms with Gasteiger partial charge in [0.05, 0.1) is 6.54 Å². The molecule has 0 aliphatic rings. The van der Waals surface area contributed by atoms with Gasteiger partial charge in [-0.25, -0.2) is 18.6 Å². The fourth-order valence-electron chi connectivity index (χ4n) is 2.44. The Hall–Kier alpha value is -2.29. The van der Waals surface area contributed by atoms with Gasteiger partial charge in [0, 0.05) is 19.7 Å². The fraction of sp³-hybridized carbons (Fsp3) is 0.214. The zero-order chi connectivity index (χ0) is 16.9. The molecule has 0 N–H and O–H groups in total. The largest absolute Gasteiger partial charge is 0.332 e. The summed E-state index contributed by atoms with van der Waals surface area (Å²) in [5, 5.41) is 0. The third-order valence-electron chi connectivity index (χ3n) is 3.65. The summed E-state index contributed by atoms with van der Waals surface area (Å²) in [6.07, 6.45) is 0. The first-order chi connectivity index (χ1) is 10.8. The number of hydrogen-bond acceptors (Lipinski definition) is 3. The highest BCUT2D eigenvalue weighted by Crippen LogP contribution is 2.20. The standard InChI is InChI=1S/C14H11BrF2N4O2/c1-19-11-10(12(22)20(2)14(19)23)18-13(15)21(11)6-7-4-3-5-8(16)9(7)17/h3-5H,6H2,1-2H3. The van der Waals surface area contributed by atoms with E-state index in [4.69, 9.17) is 0 Å². The van der Waals surface area contributed by atoms with Crippen molar-refractivity contribution in [2.24, 2.45) is 14.1 Å². The number of aryl methyl sites for hydroxylation is 1. The summed E-state index contributed by atoms with van der Waals surface area (Å²) in [7, 11) is 2.83. The van der Waals surface area contributed by atoms with Crippen LogP contribution in [0.4, 0.5) is 8.78 Å². The number of nitrogens with zero attached hydrogens (tertiary/aromatic N) is 4. The first-order valence-corrected chi connectivity index (χ1v) is 7.37. The molecule has 0 aliphatic carbocycles. The summed E-state index contributed by atoms with van der Waals surface area (Å²) in [4.78, 5) is 28.3. The second kappa shape index (κ2) is 5.41. The fourth-order valence-corrected chi connectivity index (χ4v) is 2.91. The maximum Gasteiger partial charge on any atom is 0.332 e. The molecule has 0 amide bonds. The molecule has 0 radical (unpaired) electrons. The van der Waals surface area contributed by atoms with E-state index in [9.17, 15) is 18.4 Å². The molecule has 0 aliphatic heterocycles. The van der Waals surface area contributed by atoms with Gasteiger partial charge in [-0.05, 0) is 22.0 Å². The number of imidazole rings is 1. The van der Waals surface area contributed by atoms with Gasteiger partial charge in [0.1, 0.15) is 0 Å². The van der Waals surface area contributed by atoms with Crippen LogP contribution in [0, 0.1) is 11.6 Å². The Morgan fingerprint density at radius 2 is 1.87 bits per heavy atom. The Morgan fingerprint density at radius 3 is 2.57 bits per heavy atom. The van der Waals surface area contributed by atoms with E-state index in [-0.39, 0.29) is 28.0 Å². The second-order valence-electron chi connectivity index (χ2n) is 5.06. The Balaban J connectivity index is 2.31. The van der Waals surface area contributed by atoms with Gasteiger partial charge >= 0.3 is 5.69 Å². The molecule has 0 unspecified atom stereocenters. The van der Waals surface area contributed by atoms with Gasteiger partial charge in [0.25, 0.3) is 5.56 Å². The maximum absolute atomic E-state index is 13.9. The average Bonchev–Trinajstić information content (AvgIpc) is 2.85. The highest BCUT2D eigenvalue weighted by Gasteiger charge is 2.19. The zero-order valence-electron chi connectivity index (χ0n) is 12.2. The van der Waals surface area contributed by atoms with Crippen LogP contribution in [0.15, 0.2) is 32.5 Å². The maximum atomic E-state index is 13.9. The smallest absolute Gasteiger partial charge is 0.300 e. The Morgan fingerprint density at radius 1 is 1.17 bits per heavy atom. The molecule has 2 aromatic heterocycles. The summed E-state index contributed by atoms with van der Waals surface area (Å²) in [5.41, 5.74) is -0.705. The molecular weight excluding hydrogens is 374 g/mol. The van der Waals surface area contributed by atoms with E-state index in [1.54, 1.807) is 0 Å². The summed E-state index contributed by atoms with van der Waals surface area (Å²) in [6.45, 7) is -0.0822. The lowest BCUT2D eigenvalue weighted by Crippen LogP contribution is -2.37. The summed E-state index contributed by atoms with van der Waals surface area (Å²) in [5.74, 6) is -1.94. The van der Waals surface area contributed by atoms with E-state index in [0.717, 1.165) is 10.6 Å². The molecule has 1 aromatic carbocycles. The second-order valence-corrected chi connectivity index (χ2v) is 5.77. The van der Waals surface area contributed by atoms with Crippen molar-refractivity contribution in [2.75, 3.05) is 0 Å². The van der Waals surface area contributed by atoms with E-state index in [0.29, 0.717) is 0 Å². The number of aromatic nitrogens is 4. The third-order valence-corrected chi connectivity index (χ3v) is 4.26. The molecule has 0 fully saturated rings. The Kier molecular flexibility index (Phi) is 3.67. The predicted octanol–water partition coefficient (Wildman–Crippen LogP) is 1.52. The SMILES string of the molecule is Cn1c(=O)c2nc(Br)n(Cc3cccc(F)c3F)c2n(C)c1=O. The van der Waals surface area contributed by atoms with Crippen molar-refractivity contribution in [2.45, 2.75) is 6.54 Å². The van der Waals surface area contributed by atoms with E-state index < -0.39 is 22.9 Å². The lowest BCUT2D eigenvalue weighted by molar-refractivity contribution is 0.495. The van der Waals surface area contributed by atoms with Crippen LogP contribution in [0.1, 0.15) is 5.56 Å². The van der Waals surface area contributed by atoms with E-state index >= 15 is 0 Å². The molecule has 3 rings (SSSR count). The van der Waals surface area contributed by atoms with Gasteiger partial charge in [0.2, 0.25) is 0 Å². The Labute approximate surface area is 136 Å². The van der Waals surface area contributed by atoms with Crippen molar-refractivity contribution in [3.05, 3.63) is 61.0 Å². The summed E-state index contributed by atoms with van der Waals surface area (Å²) < 4.78 is 31.1. The lowest BCUT2D eigenvalue weighted by Gasteiger charge is -2.10. The molecule has 0 atom stereocenters. The molecule has 0 saturated carbocycles. The number of rotatable bonds is 2. The van der Waals surface area contributed by atoms with Gasteiger partial charge in [0.15, 0.2) is 27.5 Å². The highest BCUT2D eigenvalue weighted by atomic mass is 79.9. The first-order valence-electron chi connectivity index (χ1n) is 6.57. The van der Waals surface area contributed by atoms with Crippen molar-refractivity contribution in [3.63, 3.8) is 0 Å². The van der Waals surface area contributed by atoms with Crippen molar-refractivity contribution in [1.82, 2.24) is 18.7 Å². The quantitative estimate of drug-likeness (QED) is 0.629. The third kappa shape index (κ3) is 2.31. The van der Waals surface area contributed by atoms with Crippen LogP contribution < -0.4 is 11.2 Å². The van der Waals surface area contributed by atoms with Crippen LogP contribution in [0.2, 0.25) is 0 Å². The zero-order valence-corrected chi connectivity index (χ0v) is 13.8. The number of benzene rings is 1. The van der Waals surface area contributed by atoms with Crippen LogP contribution in [-0.4, -0.2) is 18.7 Å². The topological polar surface area (TPSA) is 61.8 Å². The molecule has 120 valence electrons. The number of hydrogen-bond donors (Lipinski definition) is 0. The normalized spacial score (nSPS) is 11.3. The minimum Gasteiger partial charge on any atom is -0.300 e. The van der Waals surface area contributed by atoms with E-state index in [2.05, 4.69) is 20.9 Å². The monoisotopic (exact) mass is 384 g/mol. The van der Waals surface area contributed by atoms with Gasteiger partial charge in [-0.1, -0.05) is 12.1 Å². The molecule has 2 heterocycles. The van der Waals surface area contributed by atoms with Crippen molar-refractivity contribution >= 4 is 27.1 Å². The van der Waals surface area contributed by atoms with Crippen LogP contribution >= 0.6 is 15.9 Å². The molecule has 23 heavy (non-hydrogen) atoms. The predicted molar refractivity (Wildman–Crippen MR) is 83.4 cm³/mol. The highest BCUT2D eigenvalue weighted by molar-refractivity contribution is 9.10. The summed E-state index contributed by atoms with van der Waals surface area (Å²) in [6, 6.07) is 3.83. The van der Waals surface area contributed by atoms with Gasteiger partial charge in [-0.2, -0.15) is 0 Å². The van der Waals surface area contributed by atoms with Crippen molar-refractivity contribution in [3.8, 4) is 0 Å². The summed E-state index contributed by atoms with van der Waals surface area (Å²) >= 11 is 3.20. The van der Waals surface area contributed by atoms with Crippen molar-refractivity contribution < 1.29 is 8.78 Å². The lowest BCUT2D eigenvalue weighted by atomic mass is 10.2. The van der Waals surface area contributed by atoms with E-state index in [1.165, 1.54) is 35.4 Å². The van der Waals surface area contributed by atoms with Crippen LogP contribution in [0.25, 0.3) is 11.2 Å². The first kappa shape index (κ1) is 15.6. The van der Waals surface area contributed by atoms with Gasteiger partial charge < -0.3 is 0 Å². The van der Waals surface area contributed by atoms with Crippen LogP contribution in [0.3, 0.4) is 0 Å². The molecule has 0 bridgehead atoms. The van der Waals surface area contributed by atoms with Crippen molar-refractivity contribution in [1.29, 1.82) is 0 Å². The number of fused-ring (bicyclic) bond motifs is 1. The molecular formula is C14H11BrF2N4O2. The Bertz CT molecular complexity index is 1050. The minimum absolute atomic E-state index is 0.0679. The molecule has 0 spiro atoms. The molecule has 3 aromatic rings.